The first-order valence-corrected chi connectivity index (χ1v) is 9.95. The fourth-order valence-electron chi connectivity index (χ4n) is 3.25. The Morgan fingerprint density at radius 2 is 1.77 bits per heavy atom. The molecule has 6 nitrogen and oxygen atoms in total. The van der Waals surface area contributed by atoms with Crippen LogP contribution < -0.4 is 0 Å². The Labute approximate surface area is 158 Å². The summed E-state index contributed by atoms with van der Waals surface area (Å²) in [5.74, 6) is -0.663. The van der Waals surface area contributed by atoms with Crippen LogP contribution in [-0.4, -0.2) is 62.9 Å². The minimum absolute atomic E-state index is 0.208. The zero-order chi connectivity index (χ0) is 19.0. The van der Waals surface area contributed by atoms with Crippen LogP contribution in [0, 0.1) is 0 Å². The van der Waals surface area contributed by atoms with E-state index in [0.29, 0.717) is 19.8 Å². The second-order valence-corrected chi connectivity index (χ2v) is 7.35. The van der Waals surface area contributed by atoms with Gasteiger partial charge in [0.25, 0.3) is 0 Å². The van der Waals surface area contributed by atoms with Crippen molar-refractivity contribution in [3.05, 3.63) is 12.7 Å². The summed E-state index contributed by atoms with van der Waals surface area (Å²) in [6.07, 6.45) is 4.45. The lowest BCUT2D eigenvalue weighted by Gasteiger charge is -2.29. The number of fused-ring (bicyclic) bond motifs is 1. The number of rotatable bonds is 13. The Morgan fingerprint density at radius 3 is 2.46 bits per heavy atom. The SMILES string of the molecule is C=CCOC1OC(C(COCCCC)OCCCC)[C@@H]2OC(C)(C)O[C@H]12. The van der Waals surface area contributed by atoms with Gasteiger partial charge in [0.2, 0.25) is 0 Å². The maximum absolute atomic E-state index is 6.15. The lowest BCUT2D eigenvalue weighted by atomic mass is 10.1. The van der Waals surface area contributed by atoms with Crippen molar-refractivity contribution in [2.24, 2.45) is 0 Å². The fourth-order valence-corrected chi connectivity index (χ4v) is 3.25. The van der Waals surface area contributed by atoms with Crippen LogP contribution in [0.5, 0.6) is 0 Å². The molecule has 2 fully saturated rings. The lowest BCUT2D eigenvalue weighted by molar-refractivity contribution is -0.246. The standard InChI is InChI=1S/C20H36O6/c1-6-9-12-21-14-15(22-13-10-7-2)16-17-18(26-20(4,5)25-17)19(24-16)23-11-8-3/h8,15-19H,3,6-7,9-14H2,1-2,4-5H3/t15?,16?,17-,18-,19?/m0/s1. The second-order valence-electron chi connectivity index (χ2n) is 7.35. The predicted octanol–water partition coefficient (Wildman–Crippen LogP) is 3.44. The molecule has 2 saturated heterocycles. The van der Waals surface area contributed by atoms with E-state index in [-0.39, 0.29) is 24.4 Å². The summed E-state index contributed by atoms with van der Waals surface area (Å²) in [6, 6.07) is 0. The number of unbranched alkanes of at least 4 members (excludes halogenated alkanes) is 2. The average molecular weight is 373 g/mol. The van der Waals surface area contributed by atoms with E-state index in [2.05, 4.69) is 20.4 Å². The normalized spacial score (nSPS) is 31.1. The van der Waals surface area contributed by atoms with Crippen LogP contribution in [0.1, 0.15) is 53.4 Å². The molecular formula is C20H36O6. The van der Waals surface area contributed by atoms with Gasteiger partial charge < -0.3 is 28.4 Å². The molecule has 0 saturated carbocycles. The van der Waals surface area contributed by atoms with Gasteiger partial charge in [-0.05, 0) is 26.7 Å². The smallest absolute Gasteiger partial charge is 0.187 e. The van der Waals surface area contributed by atoms with Crippen LogP contribution in [-0.2, 0) is 28.4 Å². The Bertz CT molecular complexity index is 413. The molecule has 0 aromatic rings. The highest BCUT2D eigenvalue weighted by atomic mass is 16.8. The maximum Gasteiger partial charge on any atom is 0.187 e. The zero-order valence-corrected chi connectivity index (χ0v) is 16.8. The van der Waals surface area contributed by atoms with Crippen LogP contribution in [0.4, 0.5) is 0 Å². The van der Waals surface area contributed by atoms with Crippen molar-refractivity contribution in [3.8, 4) is 0 Å². The quantitative estimate of drug-likeness (QED) is 0.365. The fraction of sp³-hybridized carbons (Fsp3) is 0.900. The van der Waals surface area contributed by atoms with Gasteiger partial charge in [-0.1, -0.05) is 32.8 Å². The van der Waals surface area contributed by atoms with Crippen molar-refractivity contribution in [2.75, 3.05) is 26.4 Å². The first-order valence-electron chi connectivity index (χ1n) is 9.95. The third-order valence-corrected chi connectivity index (χ3v) is 4.55. The van der Waals surface area contributed by atoms with Crippen LogP contribution in [0.25, 0.3) is 0 Å². The molecule has 0 aromatic heterocycles. The molecule has 6 heteroatoms. The minimum atomic E-state index is -0.663. The first kappa shape index (κ1) is 21.8. The van der Waals surface area contributed by atoms with Crippen LogP contribution in [0.3, 0.4) is 0 Å². The van der Waals surface area contributed by atoms with E-state index < -0.39 is 12.1 Å². The summed E-state index contributed by atoms with van der Waals surface area (Å²) in [4.78, 5) is 0. The highest BCUT2D eigenvalue weighted by Crippen LogP contribution is 2.40. The largest absolute Gasteiger partial charge is 0.379 e. The zero-order valence-electron chi connectivity index (χ0n) is 16.8. The summed E-state index contributed by atoms with van der Waals surface area (Å²) in [5.41, 5.74) is 0. The number of hydrogen-bond donors (Lipinski definition) is 0. The molecule has 2 aliphatic rings. The van der Waals surface area contributed by atoms with E-state index in [4.69, 9.17) is 28.4 Å². The first-order chi connectivity index (χ1) is 12.5. The molecule has 2 aliphatic heterocycles. The molecule has 0 bridgehead atoms. The molecule has 2 rings (SSSR count). The van der Waals surface area contributed by atoms with E-state index >= 15 is 0 Å². The Balaban J connectivity index is 2.03. The van der Waals surface area contributed by atoms with Gasteiger partial charge in [-0.25, -0.2) is 0 Å². The highest BCUT2D eigenvalue weighted by molar-refractivity contribution is 4.98. The molecule has 5 atom stereocenters. The van der Waals surface area contributed by atoms with Gasteiger partial charge in [-0.2, -0.15) is 0 Å². The molecule has 0 radical (unpaired) electrons. The number of ether oxygens (including phenoxy) is 6. The van der Waals surface area contributed by atoms with Crippen molar-refractivity contribution in [1.82, 2.24) is 0 Å². The van der Waals surface area contributed by atoms with Gasteiger partial charge in [-0.15, -0.1) is 6.58 Å². The summed E-state index contributed by atoms with van der Waals surface area (Å²) in [6.45, 7) is 14.1. The summed E-state index contributed by atoms with van der Waals surface area (Å²) in [5, 5.41) is 0. The van der Waals surface area contributed by atoms with E-state index in [1.807, 2.05) is 13.8 Å². The van der Waals surface area contributed by atoms with Crippen LogP contribution in [0.2, 0.25) is 0 Å². The van der Waals surface area contributed by atoms with Gasteiger partial charge in [0.15, 0.2) is 12.1 Å². The minimum Gasteiger partial charge on any atom is -0.379 e. The van der Waals surface area contributed by atoms with Crippen molar-refractivity contribution < 1.29 is 28.4 Å². The van der Waals surface area contributed by atoms with E-state index in [1.165, 1.54) is 0 Å². The van der Waals surface area contributed by atoms with Gasteiger partial charge in [0, 0.05) is 13.2 Å². The third-order valence-electron chi connectivity index (χ3n) is 4.55. The Kier molecular flexibility index (Phi) is 9.00. The molecule has 0 aromatic carbocycles. The Morgan fingerprint density at radius 1 is 1.08 bits per heavy atom. The Hall–Kier alpha value is -0.500. The van der Waals surface area contributed by atoms with Gasteiger partial charge in [0.1, 0.15) is 24.4 Å². The monoisotopic (exact) mass is 372 g/mol. The van der Waals surface area contributed by atoms with Crippen molar-refractivity contribution in [3.63, 3.8) is 0 Å². The summed E-state index contributed by atoms with van der Waals surface area (Å²) < 4.78 is 36.0. The van der Waals surface area contributed by atoms with Crippen LogP contribution in [0.15, 0.2) is 12.7 Å². The van der Waals surface area contributed by atoms with Crippen molar-refractivity contribution in [1.29, 1.82) is 0 Å². The van der Waals surface area contributed by atoms with Gasteiger partial charge in [-0.3, -0.25) is 0 Å². The predicted molar refractivity (Wildman–Crippen MR) is 99.0 cm³/mol. The van der Waals surface area contributed by atoms with E-state index in [0.717, 1.165) is 32.3 Å². The van der Waals surface area contributed by atoms with Crippen molar-refractivity contribution >= 4 is 0 Å². The lowest BCUT2D eigenvalue weighted by Crippen LogP contribution is -2.43. The molecule has 26 heavy (non-hydrogen) atoms. The van der Waals surface area contributed by atoms with E-state index in [9.17, 15) is 0 Å². The topological polar surface area (TPSA) is 55.4 Å². The molecule has 0 N–H and O–H groups in total. The van der Waals surface area contributed by atoms with E-state index in [1.54, 1.807) is 6.08 Å². The highest BCUT2D eigenvalue weighted by Gasteiger charge is 2.57. The van der Waals surface area contributed by atoms with Crippen molar-refractivity contribution in [2.45, 2.75) is 89.9 Å². The second kappa shape index (κ2) is 10.7. The third kappa shape index (κ3) is 6.01. The molecular weight excluding hydrogens is 336 g/mol. The number of hydrogen-bond acceptors (Lipinski definition) is 6. The van der Waals surface area contributed by atoms with Gasteiger partial charge in [0.05, 0.1) is 13.2 Å². The average Bonchev–Trinajstić information content (AvgIpc) is 3.08. The molecule has 152 valence electrons. The summed E-state index contributed by atoms with van der Waals surface area (Å²) in [7, 11) is 0. The molecule has 3 unspecified atom stereocenters. The maximum atomic E-state index is 6.15. The summed E-state index contributed by atoms with van der Waals surface area (Å²) >= 11 is 0. The molecule has 0 aliphatic carbocycles. The molecule has 0 amide bonds. The molecule has 0 spiro atoms. The molecule has 2 heterocycles. The van der Waals surface area contributed by atoms with Crippen LogP contribution >= 0.6 is 0 Å². The van der Waals surface area contributed by atoms with Gasteiger partial charge >= 0.3 is 0 Å².